The normalized spacial score (nSPS) is 19.6. The lowest BCUT2D eigenvalue weighted by Gasteiger charge is -2.33. The first-order chi connectivity index (χ1) is 13.3. The number of nitrogens with zero attached hydrogens (tertiary/aromatic N) is 3. The van der Waals surface area contributed by atoms with Crippen molar-refractivity contribution in [3.05, 3.63) is 35.0 Å². The number of nitrogens with one attached hydrogen (secondary N) is 1. The zero-order valence-electron chi connectivity index (χ0n) is 15.4. The minimum absolute atomic E-state index is 0.0284. The summed E-state index contributed by atoms with van der Waals surface area (Å²) in [7, 11) is 0. The van der Waals surface area contributed by atoms with E-state index in [-0.39, 0.29) is 23.4 Å². The molecule has 1 aromatic carbocycles. The molecule has 4 rings (SSSR count). The third kappa shape index (κ3) is 3.84. The molecule has 150 valence electrons. The average molecular weight is 392 g/mol. The molecule has 0 radical (unpaired) electrons. The molecular weight excluding hydrogens is 369 g/mol. The number of hydrogen-bond acceptors (Lipinski definition) is 6. The van der Waals surface area contributed by atoms with Gasteiger partial charge in [-0.1, -0.05) is 0 Å². The van der Waals surface area contributed by atoms with E-state index in [4.69, 9.17) is 11.5 Å². The van der Waals surface area contributed by atoms with Crippen molar-refractivity contribution < 1.29 is 13.2 Å². The lowest BCUT2D eigenvalue weighted by molar-refractivity contribution is -0.137. The van der Waals surface area contributed by atoms with Crippen molar-refractivity contribution in [1.29, 1.82) is 0 Å². The summed E-state index contributed by atoms with van der Waals surface area (Å²) in [6.45, 7) is 1.59. The van der Waals surface area contributed by atoms with Crippen LogP contribution in [-0.2, 0) is 19.0 Å². The van der Waals surface area contributed by atoms with Crippen LogP contribution in [0.15, 0.2) is 18.2 Å². The van der Waals surface area contributed by atoms with Gasteiger partial charge in [0.25, 0.3) is 0 Å². The summed E-state index contributed by atoms with van der Waals surface area (Å²) in [5.74, 6) is 1.13. The number of piperidine rings is 1. The third-order valence-electron chi connectivity index (χ3n) is 5.21. The van der Waals surface area contributed by atoms with E-state index in [1.807, 2.05) is 0 Å². The molecule has 2 aromatic rings. The Labute approximate surface area is 161 Å². The number of nitrogens with two attached hydrogens (primary N) is 2. The van der Waals surface area contributed by atoms with Crippen LogP contribution in [0.3, 0.4) is 0 Å². The highest BCUT2D eigenvalue weighted by Gasteiger charge is 2.31. The fourth-order valence-electron chi connectivity index (χ4n) is 3.95. The first-order valence-corrected chi connectivity index (χ1v) is 9.45. The van der Waals surface area contributed by atoms with Gasteiger partial charge in [0.1, 0.15) is 5.82 Å². The highest BCUT2D eigenvalue weighted by atomic mass is 19.4. The van der Waals surface area contributed by atoms with Crippen molar-refractivity contribution in [3.8, 4) is 0 Å². The molecular formula is C19H23F3N6. The Morgan fingerprint density at radius 2 is 1.93 bits per heavy atom. The van der Waals surface area contributed by atoms with Crippen molar-refractivity contribution in [2.75, 3.05) is 29.0 Å². The van der Waals surface area contributed by atoms with Gasteiger partial charge in [0.2, 0.25) is 5.95 Å². The number of nitrogen functional groups attached to an aromatic ring is 1. The summed E-state index contributed by atoms with van der Waals surface area (Å²) in [5, 5.41) is 2.92. The van der Waals surface area contributed by atoms with Gasteiger partial charge in [-0.25, -0.2) is 4.98 Å². The maximum Gasteiger partial charge on any atom is 0.416 e. The van der Waals surface area contributed by atoms with Gasteiger partial charge in [-0.05, 0) is 50.3 Å². The summed E-state index contributed by atoms with van der Waals surface area (Å²) in [5.41, 5.74) is 13.3. The second-order valence-electron chi connectivity index (χ2n) is 7.46. The van der Waals surface area contributed by atoms with Crippen LogP contribution in [0.1, 0.15) is 36.1 Å². The van der Waals surface area contributed by atoms with E-state index in [0.717, 1.165) is 74.4 Å². The maximum absolute atomic E-state index is 13.1. The summed E-state index contributed by atoms with van der Waals surface area (Å²) in [4.78, 5) is 11.4. The van der Waals surface area contributed by atoms with Gasteiger partial charge in [0.05, 0.1) is 11.3 Å². The predicted octanol–water partition coefficient (Wildman–Crippen LogP) is 3.24. The molecule has 1 aromatic heterocycles. The second kappa shape index (κ2) is 7.12. The summed E-state index contributed by atoms with van der Waals surface area (Å²) in [6, 6.07) is 3.47. The molecule has 0 amide bonds. The molecule has 1 fully saturated rings. The number of anilines is 4. The van der Waals surface area contributed by atoms with Gasteiger partial charge < -0.3 is 21.7 Å². The monoisotopic (exact) mass is 392 g/mol. The summed E-state index contributed by atoms with van der Waals surface area (Å²) in [6.07, 6.45) is 0.249. The molecule has 6 nitrogen and oxygen atoms in total. The lowest BCUT2D eigenvalue weighted by Crippen LogP contribution is -2.43. The van der Waals surface area contributed by atoms with Crippen LogP contribution in [0.4, 0.5) is 36.3 Å². The van der Waals surface area contributed by atoms with Gasteiger partial charge in [0, 0.05) is 36.1 Å². The highest BCUT2D eigenvalue weighted by Crippen LogP contribution is 2.35. The Hall–Kier alpha value is -2.55. The topological polar surface area (TPSA) is 93.1 Å². The third-order valence-corrected chi connectivity index (χ3v) is 5.21. The van der Waals surface area contributed by atoms with Gasteiger partial charge in [-0.15, -0.1) is 0 Å². The molecule has 1 unspecified atom stereocenters. The number of alkyl halides is 3. The summed E-state index contributed by atoms with van der Waals surface area (Å²) >= 11 is 0. The van der Waals surface area contributed by atoms with Crippen LogP contribution >= 0.6 is 0 Å². The Morgan fingerprint density at radius 3 is 2.68 bits per heavy atom. The SMILES string of the molecule is Nc1cc(Nc2nc3c(c(N4CCCC(N)C4)n2)CCC3)cc(C(F)(F)F)c1. The highest BCUT2D eigenvalue weighted by molar-refractivity contribution is 5.64. The lowest BCUT2D eigenvalue weighted by atomic mass is 10.1. The molecule has 1 aliphatic carbocycles. The largest absolute Gasteiger partial charge is 0.416 e. The van der Waals surface area contributed by atoms with E-state index >= 15 is 0 Å². The second-order valence-corrected chi connectivity index (χ2v) is 7.46. The molecule has 1 aliphatic heterocycles. The van der Waals surface area contributed by atoms with Crippen LogP contribution in [0, 0.1) is 0 Å². The van der Waals surface area contributed by atoms with E-state index in [0.29, 0.717) is 0 Å². The molecule has 5 N–H and O–H groups in total. The van der Waals surface area contributed by atoms with E-state index in [1.54, 1.807) is 0 Å². The molecule has 2 aliphatic rings. The van der Waals surface area contributed by atoms with E-state index in [2.05, 4.69) is 20.2 Å². The van der Waals surface area contributed by atoms with Crippen molar-refractivity contribution in [1.82, 2.24) is 9.97 Å². The Morgan fingerprint density at radius 1 is 1.11 bits per heavy atom. The van der Waals surface area contributed by atoms with Crippen molar-refractivity contribution in [2.45, 2.75) is 44.3 Å². The van der Waals surface area contributed by atoms with Crippen molar-refractivity contribution >= 4 is 23.1 Å². The van der Waals surface area contributed by atoms with E-state index < -0.39 is 11.7 Å². The Kier molecular flexibility index (Phi) is 4.78. The van der Waals surface area contributed by atoms with Gasteiger partial charge in [-0.3, -0.25) is 0 Å². The summed E-state index contributed by atoms with van der Waals surface area (Å²) < 4.78 is 39.2. The first kappa shape index (κ1) is 18.8. The fraction of sp³-hybridized carbons (Fsp3) is 0.474. The number of rotatable bonds is 3. The molecule has 1 atom stereocenters. The number of aromatic nitrogens is 2. The molecule has 2 heterocycles. The molecule has 0 bridgehead atoms. The Balaban J connectivity index is 1.68. The van der Waals surface area contributed by atoms with Crippen LogP contribution < -0.4 is 21.7 Å². The van der Waals surface area contributed by atoms with E-state index in [9.17, 15) is 13.2 Å². The predicted molar refractivity (Wildman–Crippen MR) is 103 cm³/mol. The fourth-order valence-corrected chi connectivity index (χ4v) is 3.95. The minimum Gasteiger partial charge on any atom is -0.399 e. The van der Waals surface area contributed by atoms with Crippen LogP contribution in [-0.4, -0.2) is 29.1 Å². The number of hydrogen-bond donors (Lipinski definition) is 3. The zero-order valence-corrected chi connectivity index (χ0v) is 15.4. The molecule has 9 heteroatoms. The van der Waals surface area contributed by atoms with Crippen molar-refractivity contribution in [3.63, 3.8) is 0 Å². The van der Waals surface area contributed by atoms with E-state index in [1.165, 1.54) is 6.07 Å². The number of fused-ring (bicyclic) bond motifs is 1. The van der Waals surface area contributed by atoms with Crippen molar-refractivity contribution in [2.24, 2.45) is 5.73 Å². The number of aryl methyl sites for hydroxylation is 1. The minimum atomic E-state index is -4.47. The molecule has 1 saturated heterocycles. The average Bonchev–Trinajstić information content (AvgIpc) is 3.08. The van der Waals surface area contributed by atoms with Crippen LogP contribution in [0.2, 0.25) is 0 Å². The van der Waals surface area contributed by atoms with Gasteiger partial charge in [-0.2, -0.15) is 18.2 Å². The standard InChI is InChI=1S/C19H23F3N6/c20-19(21,22)11-7-13(24)9-14(8-11)25-18-26-16-5-1-4-15(16)17(27-18)28-6-2-3-12(23)10-28/h7-9,12H,1-6,10,23-24H2,(H,25,26,27). The molecule has 0 spiro atoms. The van der Waals surface area contributed by atoms with Crippen LogP contribution in [0.5, 0.6) is 0 Å². The van der Waals surface area contributed by atoms with Gasteiger partial charge in [0.15, 0.2) is 0 Å². The number of halogens is 3. The maximum atomic E-state index is 13.1. The number of benzene rings is 1. The zero-order chi connectivity index (χ0) is 19.9. The molecule has 28 heavy (non-hydrogen) atoms. The molecule has 0 saturated carbocycles. The smallest absolute Gasteiger partial charge is 0.399 e. The quantitative estimate of drug-likeness (QED) is 0.695. The Bertz CT molecular complexity index is 883. The van der Waals surface area contributed by atoms with Gasteiger partial charge >= 0.3 is 6.18 Å². The van der Waals surface area contributed by atoms with Crippen LogP contribution in [0.25, 0.3) is 0 Å². The first-order valence-electron chi connectivity index (χ1n) is 9.45.